The van der Waals surface area contributed by atoms with Crippen molar-refractivity contribution in [1.29, 1.82) is 0 Å². The zero-order valence-corrected chi connectivity index (χ0v) is 12.3. The van der Waals surface area contributed by atoms with Gasteiger partial charge in [0, 0.05) is 17.6 Å². The van der Waals surface area contributed by atoms with Crippen LogP contribution < -0.4 is 0 Å². The molecule has 0 aliphatic heterocycles. The van der Waals surface area contributed by atoms with Gasteiger partial charge < -0.3 is 5.11 Å². The monoisotopic (exact) mass is 308 g/mol. The number of aromatic carboxylic acids is 1. The fraction of sp³-hybridized carbons (Fsp3) is 0.364. The molecule has 0 unspecified atom stereocenters. The number of halogens is 1. The van der Waals surface area contributed by atoms with Gasteiger partial charge >= 0.3 is 5.97 Å². The lowest BCUT2D eigenvalue weighted by Gasteiger charge is -2.11. The number of carboxylic acids is 1. The summed E-state index contributed by atoms with van der Waals surface area (Å²) in [5.41, 5.74) is 0.293. The van der Waals surface area contributed by atoms with Gasteiger partial charge in [-0.3, -0.25) is 0 Å². The van der Waals surface area contributed by atoms with E-state index in [2.05, 4.69) is 0 Å². The molecule has 0 fully saturated rings. The number of hydrogen-bond donors (Lipinski definition) is 1. The van der Waals surface area contributed by atoms with E-state index in [0.717, 1.165) is 12.0 Å². The predicted molar refractivity (Wildman–Crippen MR) is 73.4 cm³/mol. The Labute approximate surface area is 115 Å². The second kappa shape index (κ2) is 5.95. The van der Waals surface area contributed by atoms with Crippen LogP contribution in [0.2, 0.25) is 5.02 Å². The third-order valence-corrected chi connectivity index (χ3v) is 4.79. The highest BCUT2D eigenvalue weighted by atomic mass is 35.5. The van der Waals surface area contributed by atoms with Crippen molar-refractivity contribution in [3.05, 3.63) is 28.3 Å². The average Bonchev–Trinajstić information content (AvgIpc) is 2.25. The molecule has 0 amide bonds. The first-order valence-electron chi connectivity index (χ1n) is 5.11. The number of hydrogen-bond acceptors (Lipinski definition) is 4. The third-order valence-electron chi connectivity index (χ3n) is 2.28. The van der Waals surface area contributed by atoms with Gasteiger partial charge in [-0.2, -0.15) is 11.8 Å². The van der Waals surface area contributed by atoms with Crippen LogP contribution in [0, 0.1) is 0 Å². The minimum atomic E-state index is -3.42. The molecule has 100 valence electrons. The Balaban J connectivity index is 3.46. The van der Waals surface area contributed by atoms with E-state index < -0.39 is 15.8 Å². The van der Waals surface area contributed by atoms with E-state index in [9.17, 15) is 13.2 Å². The van der Waals surface area contributed by atoms with E-state index >= 15 is 0 Å². The Kier molecular flexibility index (Phi) is 5.07. The summed E-state index contributed by atoms with van der Waals surface area (Å²) in [4.78, 5) is 11.1. The largest absolute Gasteiger partial charge is 0.478 e. The Bertz CT molecular complexity index is 567. The van der Waals surface area contributed by atoms with Crippen molar-refractivity contribution < 1.29 is 18.3 Å². The van der Waals surface area contributed by atoms with Gasteiger partial charge in [-0.25, -0.2) is 13.2 Å². The Morgan fingerprint density at radius 2 is 2.06 bits per heavy atom. The molecule has 7 heteroatoms. The Morgan fingerprint density at radius 1 is 1.44 bits per heavy atom. The molecule has 1 rings (SSSR count). The van der Waals surface area contributed by atoms with Crippen LogP contribution in [0.5, 0.6) is 0 Å². The quantitative estimate of drug-likeness (QED) is 0.905. The summed E-state index contributed by atoms with van der Waals surface area (Å²) in [6, 6.07) is 2.53. The van der Waals surface area contributed by atoms with Crippen LogP contribution in [0.3, 0.4) is 0 Å². The summed E-state index contributed by atoms with van der Waals surface area (Å²) < 4.78 is 23.3. The first-order valence-corrected chi connectivity index (χ1v) is 8.54. The summed E-state index contributed by atoms with van der Waals surface area (Å²) in [5, 5.41) is 8.97. The summed E-state index contributed by atoms with van der Waals surface area (Å²) >= 11 is 7.48. The first kappa shape index (κ1) is 15.3. The van der Waals surface area contributed by atoms with Crippen LogP contribution in [0.1, 0.15) is 22.8 Å². The number of carbonyl (C=O) groups is 1. The minimum Gasteiger partial charge on any atom is -0.478 e. The molecule has 0 aliphatic rings. The maximum Gasteiger partial charge on any atom is 0.337 e. The molecule has 1 N–H and O–H groups in total. The number of thioether (sulfide) groups is 1. The molecule has 0 saturated heterocycles. The van der Waals surface area contributed by atoms with Crippen molar-refractivity contribution >= 4 is 39.2 Å². The fourth-order valence-corrected chi connectivity index (χ4v) is 3.64. The highest BCUT2D eigenvalue weighted by Crippen LogP contribution is 2.31. The molecule has 4 nitrogen and oxygen atoms in total. The fourth-order valence-electron chi connectivity index (χ4n) is 1.45. The first-order chi connectivity index (χ1) is 8.29. The summed E-state index contributed by atoms with van der Waals surface area (Å²) in [5.74, 6) is -0.00169. The smallest absolute Gasteiger partial charge is 0.337 e. The zero-order chi connectivity index (χ0) is 13.9. The summed E-state index contributed by atoms with van der Waals surface area (Å²) in [6.45, 7) is 1.93. The minimum absolute atomic E-state index is 0.00590. The molecule has 0 aliphatic carbocycles. The van der Waals surface area contributed by atoms with Crippen LogP contribution in [0.25, 0.3) is 0 Å². The van der Waals surface area contributed by atoms with Crippen molar-refractivity contribution in [3.8, 4) is 0 Å². The highest BCUT2D eigenvalue weighted by molar-refractivity contribution is 7.98. The van der Waals surface area contributed by atoms with Crippen molar-refractivity contribution in [3.63, 3.8) is 0 Å². The van der Waals surface area contributed by atoms with E-state index in [1.807, 2.05) is 6.92 Å². The van der Waals surface area contributed by atoms with Gasteiger partial charge in [0.05, 0.1) is 15.5 Å². The SMILES string of the molecule is CCSCc1c(S(C)(=O)=O)ccc(C(=O)O)c1Cl. The standard InChI is InChI=1S/C11H13ClO4S2/c1-3-17-6-8-9(18(2,15)16)5-4-7(10(8)12)11(13)14/h4-5H,3,6H2,1-2H3,(H,13,14). The molecule has 0 aromatic heterocycles. The number of benzene rings is 1. The predicted octanol–water partition coefficient (Wildman–Crippen LogP) is 2.69. The maximum absolute atomic E-state index is 11.6. The van der Waals surface area contributed by atoms with Gasteiger partial charge in [0.25, 0.3) is 0 Å². The lowest BCUT2D eigenvalue weighted by atomic mass is 10.1. The maximum atomic E-state index is 11.6. The molecule has 0 bridgehead atoms. The number of rotatable bonds is 5. The van der Waals surface area contributed by atoms with Crippen molar-refractivity contribution in [2.45, 2.75) is 17.6 Å². The number of carboxylic acid groups (broad SMARTS) is 1. The second-order valence-corrected chi connectivity index (χ2v) is 7.25. The van der Waals surface area contributed by atoms with E-state index in [-0.39, 0.29) is 15.5 Å². The number of sulfone groups is 1. The molecular weight excluding hydrogens is 296 g/mol. The Morgan fingerprint density at radius 3 is 2.50 bits per heavy atom. The Hall–Kier alpha value is -0.720. The molecular formula is C11H13ClO4S2. The third kappa shape index (κ3) is 3.40. The summed E-state index contributed by atoms with van der Waals surface area (Å²) in [6.07, 6.45) is 1.08. The lowest BCUT2D eigenvalue weighted by Crippen LogP contribution is -2.07. The van der Waals surface area contributed by atoms with Crippen LogP contribution in [0.15, 0.2) is 17.0 Å². The van der Waals surface area contributed by atoms with Gasteiger partial charge in [-0.15, -0.1) is 0 Å². The van der Waals surface area contributed by atoms with Crippen LogP contribution in [-0.4, -0.2) is 31.5 Å². The molecule has 0 radical (unpaired) electrons. The van der Waals surface area contributed by atoms with Gasteiger partial charge in [-0.1, -0.05) is 18.5 Å². The van der Waals surface area contributed by atoms with Crippen LogP contribution in [0.4, 0.5) is 0 Å². The van der Waals surface area contributed by atoms with Crippen LogP contribution >= 0.6 is 23.4 Å². The molecule has 0 heterocycles. The van der Waals surface area contributed by atoms with Crippen molar-refractivity contribution in [2.75, 3.05) is 12.0 Å². The van der Waals surface area contributed by atoms with Gasteiger partial charge in [0.1, 0.15) is 0 Å². The van der Waals surface area contributed by atoms with Gasteiger partial charge in [-0.05, 0) is 17.9 Å². The molecule has 18 heavy (non-hydrogen) atoms. The lowest BCUT2D eigenvalue weighted by molar-refractivity contribution is 0.0697. The zero-order valence-electron chi connectivity index (χ0n) is 9.94. The van der Waals surface area contributed by atoms with E-state index in [0.29, 0.717) is 11.3 Å². The summed E-state index contributed by atoms with van der Waals surface area (Å²) in [7, 11) is -3.42. The van der Waals surface area contributed by atoms with E-state index in [1.54, 1.807) is 0 Å². The highest BCUT2D eigenvalue weighted by Gasteiger charge is 2.20. The normalized spacial score (nSPS) is 11.5. The molecule has 0 spiro atoms. The van der Waals surface area contributed by atoms with Crippen molar-refractivity contribution in [2.24, 2.45) is 0 Å². The van der Waals surface area contributed by atoms with Gasteiger partial charge in [0.2, 0.25) is 0 Å². The molecule has 0 saturated carbocycles. The average molecular weight is 309 g/mol. The second-order valence-electron chi connectivity index (χ2n) is 3.62. The topological polar surface area (TPSA) is 71.4 Å². The van der Waals surface area contributed by atoms with Crippen LogP contribution in [-0.2, 0) is 15.6 Å². The van der Waals surface area contributed by atoms with E-state index in [1.165, 1.54) is 23.9 Å². The molecule has 0 atom stereocenters. The molecule has 1 aromatic rings. The van der Waals surface area contributed by atoms with Gasteiger partial charge in [0.15, 0.2) is 9.84 Å². The van der Waals surface area contributed by atoms with E-state index in [4.69, 9.17) is 16.7 Å². The van der Waals surface area contributed by atoms with Crippen molar-refractivity contribution in [1.82, 2.24) is 0 Å². The molecule has 1 aromatic carbocycles.